The first-order chi connectivity index (χ1) is 18.7. The van der Waals surface area contributed by atoms with Crippen LogP contribution in [0.1, 0.15) is 48.9 Å². The van der Waals surface area contributed by atoms with Gasteiger partial charge in [-0.25, -0.2) is 0 Å². The summed E-state index contributed by atoms with van der Waals surface area (Å²) < 4.78 is 11.5. The summed E-state index contributed by atoms with van der Waals surface area (Å²) >= 11 is 0. The summed E-state index contributed by atoms with van der Waals surface area (Å²) in [6.45, 7) is 5.18. The molecule has 7 heteroatoms. The third-order valence-corrected chi connectivity index (χ3v) is 6.82. The van der Waals surface area contributed by atoms with Crippen molar-refractivity contribution in [2.24, 2.45) is 0 Å². The number of aliphatic hydroxyl groups is 1. The van der Waals surface area contributed by atoms with Crippen molar-refractivity contribution < 1.29 is 24.2 Å². The SMILES string of the molecule is COc1ccc(/C(O)=C2\C(=O)C(=O)N(CCCN(C)C)C2c2cccc(Oc3ccccc3)c2)cc1C(C)C. The fourth-order valence-corrected chi connectivity index (χ4v) is 4.88. The lowest BCUT2D eigenvalue weighted by Crippen LogP contribution is -2.32. The van der Waals surface area contributed by atoms with Gasteiger partial charge >= 0.3 is 0 Å². The zero-order valence-electron chi connectivity index (χ0n) is 23.2. The molecule has 1 aliphatic rings. The number of ketones is 1. The molecule has 0 spiro atoms. The van der Waals surface area contributed by atoms with Gasteiger partial charge in [0.2, 0.25) is 0 Å². The number of ether oxygens (including phenoxy) is 2. The summed E-state index contributed by atoms with van der Waals surface area (Å²) in [5.41, 5.74) is 2.12. The van der Waals surface area contributed by atoms with Crippen molar-refractivity contribution in [2.45, 2.75) is 32.2 Å². The zero-order chi connectivity index (χ0) is 28.1. The van der Waals surface area contributed by atoms with Crippen molar-refractivity contribution in [3.05, 3.63) is 95.1 Å². The number of hydrogen-bond acceptors (Lipinski definition) is 6. The van der Waals surface area contributed by atoms with Crippen LogP contribution in [0.4, 0.5) is 0 Å². The van der Waals surface area contributed by atoms with E-state index in [9.17, 15) is 14.7 Å². The van der Waals surface area contributed by atoms with Crippen LogP contribution in [0.5, 0.6) is 17.2 Å². The van der Waals surface area contributed by atoms with Crippen LogP contribution in [-0.4, -0.2) is 60.9 Å². The van der Waals surface area contributed by atoms with E-state index in [1.54, 1.807) is 24.1 Å². The molecule has 1 unspecified atom stereocenters. The molecule has 1 atom stereocenters. The Morgan fingerprint density at radius 2 is 1.69 bits per heavy atom. The summed E-state index contributed by atoms with van der Waals surface area (Å²) in [5, 5.41) is 11.5. The van der Waals surface area contributed by atoms with Crippen molar-refractivity contribution in [3.63, 3.8) is 0 Å². The Bertz CT molecular complexity index is 1360. The second-order valence-corrected chi connectivity index (χ2v) is 10.2. The third kappa shape index (κ3) is 6.15. The molecule has 4 rings (SSSR count). The monoisotopic (exact) mass is 528 g/mol. The van der Waals surface area contributed by atoms with E-state index < -0.39 is 17.7 Å². The van der Waals surface area contributed by atoms with Gasteiger partial charge in [0.15, 0.2) is 0 Å². The Morgan fingerprint density at radius 1 is 0.974 bits per heavy atom. The number of amides is 1. The summed E-state index contributed by atoms with van der Waals surface area (Å²) in [6.07, 6.45) is 0.677. The molecule has 1 saturated heterocycles. The summed E-state index contributed by atoms with van der Waals surface area (Å²) in [7, 11) is 5.53. The summed E-state index contributed by atoms with van der Waals surface area (Å²) in [5.74, 6) is 0.563. The minimum atomic E-state index is -0.754. The smallest absolute Gasteiger partial charge is 0.295 e. The largest absolute Gasteiger partial charge is 0.507 e. The maximum Gasteiger partial charge on any atom is 0.295 e. The second-order valence-electron chi connectivity index (χ2n) is 10.2. The first-order valence-corrected chi connectivity index (χ1v) is 13.2. The average Bonchev–Trinajstić information content (AvgIpc) is 3.18. The molecule has 1 heterocycles. The van der Waals surface area contributed by atoms with Crippen molar-refractivity contribution >= 4 is 17.4 Å². The average molecular weight is 529 g/mol. The number of hydrogen-bond donors (Lipinski definition) is 1. The van der Waals surface area contributed by atoms with Crippen molar-refractivity contribution in [2.75, 3.05) is 34.3 Å². The topological polar surface area (TPSA) is 79.3 Å². The molecule has 3 aromatic carbocycles. The van der Waals surface area contributed by atoms with Crippen molar-refractivity contribution in [1.82, 2.24) is 9.80 Å². The maximum absolute atomic E-state index is 13.5. The number of likely N-dealkylation sites (tertiary alicyclic amines) is 1. The summed E-state index contributed by atoms with van der Waals surface area (Å²) in [4.78, 5) is 30.4. The van der Waals surface area contributed by atoms with Crippen LogP contribution in [0.3, 0.4) is 0 Å². The molecule has 1 amide bonds. The maximum atomic E-state index is 13.5. The van der Waals surface area contributed by atoms with Crippen LogP contribution in [0, 0.1) is 0 Å². The van der Waals surface area contributed by atoms with Crippen LogP contribution in [0.2, 0.25) is 0 Å². The normalized spacial score (nSPS) is 16.8. The Hall–Kier alpha value is -4.10. The number of methoxy groups -OCH3 is 1. The van der Waals surface area contributed by atoms with Gasteiger partial charge in [0.25, 0.3) is 11.7 Å². The lowest BCUT2D eigenvalue weighted by atomic mass is 9.93. The van der Waals surface area contributed by atoms with Gasteiger partial charge in [0.1, 0.15) is 23.0 Å². The predicted octanol–water partition coefficient (Wildman–Crippen LogP) is 5.98. The lowest BCUT2D eigenvalue weighted by molar-refractivity contribution is -0.139. The van der Waals surface area contributed by atoms with Gasteiger partial charge in [-0.2, -0.15) is 0 Å². The van der Waals surface area contributed by atoms with Gasteiger partial charge in [0, 0.05) is 12.1 Å². The molecule has 0 aliphatic carbocycles. The van der Waals surface area contributed by atoms with E-state index >= 15 is 0 Å². The number of aliphatic hydroxyl groups excluding tert-OH is 1. The molecular weight excluding hydrogens is 492 g/mol. The third-order valence-electron chi connectivity index (χ3n) is 6.82. The van der Waals surface area contributed by atoms with E-state index in [1.807, 2.05) is 93.5 Å². The molecule has 0 aromatic heterocycles. The van der Waals surface area contributed by atoms with Gasteiger partial charge in [0.05, 0.1) is 18.7 Å². The molecular formula is C32H36N2O5. The molecule has 204 valence electrons. The Labute approximate surface area is 230 Å². The highest BCUT2D eigenvalue weighted by molar-refractivity contribution is 6.46. The van der Waals surface area contributed by atoms with E-state index in [1.165, 1.54) is 0 Å². The molecule has 1 N–H and O–H groups in total. The Morgan fingerprint density at radius 3 is 2.36 bits per heavy atom. The fraction of sp³-hybridized carbons (Fsp3) is 0.312. The Balaban J connectivity index is 1.81. The van der Waals surface area contributed by atoms with Crippen LogP contribution in [0.15, 0.2) is 78.4 Å². The van der Waals surface area contributed by atoms with Crippen molar-refractivity contribution in [1.29, 1.82) is 0 Å². The number of para-hydroxylation sites is 1. The Kier molecular flexibility index (Phi) is 8.72. The quantitative estimate of drug-likeness (QED) is 0.198. The number of nitrogens with zero attached hydrogens (tertiary/aromatic N) is 2. The van der Waals surface area contributed by atoms with Gasteiger partial charge in [-0.3, -0.25) is 9.59 Å². The first-order valence-electron chi connectivity index (χ1n) is 13.2. The van der Waals surface area contributed by atoms with Crippen molar-refractivity contribution in [3.8, 4) is 17.2 Å². The van der Waals surface area contributed by atoms with Gasteiger partial charge < -0.3 is 24.4 Å². The number of carbonyl (C=O) groups excluding carboxylic acids is 2. The number of Topliss-reactive ketones (excluding diaryl/α,β-unsaturated/α-hetero) is 1. The fourth-order valence-electron chi connectivity index (χ4n) is 4.88. The van der Waals surface area contributed by atoms with E-state index in [0.717, 1.165) is 12.1 Å². The molecule has 0 saturated carbocycles. The standard InChI is InChI=1S/C32H36N2O5/c1-21(2)26-20-23(15-16-27(26)38-5)30(35)28-29(34(32(37)31(28)36)18-10-17-33(3)4)22-11-9-14-25(19-22)39-24-12-7-6-8-13-24/h6-9,11-16,19-21,29,35H,10,17-18H2,1-5H3/b30-28+. The zero-order valence-corrected chi connectivity index (χ0v) is 23.2. The predicted molar refractivity (Wildman–Crippen MR) is 152 cm³/mol. The van der Waals surface area contributed by atoms with Crippen LogP contribution < -0.4 is 9.47 Å². The summed E-state index contributed by atoms with van der Waals surface area (Å²) in [6, 6.07) is 21.3. The molecule has 7 nitrogen and oxygen atoms in total. The first kappa shape index (κ1) is 27.9. The minimum Gasteiger partial charge on any atom is -0.507 e. The number of carbonyl (C=O) groups is 2. The van der Waals surface area contributed by atoms with Gasteiger partial charge in [-0.15, -0.1) is 0 Å². The molecule has 0 bridgehead atoms. The van der Waals surface area contributed by atoms with Crippen LogP contribution in [0.25, 0.3) is 5.76 Å². The molecule has 39 heavy (non-hydrogen) atoms. The van der Waals surface area contributed by atoms with E-state index in [-0.39, 0.29) is 17.3 Å². The van der Waals surface area contributed by atoms with Crippen LogP contribution >= 0.6 is 0 Å². The molecule has 1 fully saturated rings. The highest BCUT2D eigenvalue weighted by Crippen LogP contribution is 2.41. The lowest BCUT2D eigenvalue weighted by Gasteiger charge is -2.26. The number of benzene rings is 3. The van der Waals surface area contributed by atoms with E-state index in [0.29, 0.717) is 41.3 Å². The molecule has 0 radical (unpaired) electrons. The van der Waals surface area contributed by atoms with E-state index in [2.05, 4.69) is 0 Å². The van der Waals surface area contributed by atoms with E-state index in [4.69, 9.17) is 9.47 Å². The van der Waals surface area contributed by atoms with Gasteiger partial charge in [-0.1, -0.05) is 44.2 Å². The highest BCUT2D eigenvalue weighted by Gasteiger charge is 2.46. The van der Waals surface area contributed by atoms with Gasteiger partial charge in [-0.05, 0) is 86.6 Å². The molecule has 3 aromatic rings. The second kappa shape index (κ2) is 12.2. The minimum absolute atomic E-state index is 0.0709. The highest BCUT2D eigenvalue weighted by atomic mass is 16.5. The molecule has 1 aliphatic heterocycles. The van der Waals surface area contributed by atoms with Crippen LogP contribution in [-0.2, 0) is 9.59 Å². The number of rotatable bonds is 10.